The molecule has 1 fully saturated rings. The molecule has 1 saturated carbocycles. The minimum Gasteiger partial charge on any atom is -0.367 e. The molecule has 1 amide bonds. The molecule has 13 heteroatoms. The highest BCUT2D eigenvalue weighted by Gasteiger charge is 2.31. The van der Waals surface area contributed by atoms with Crippen LogP contribution in [0.3, 0.4) is 0 Å². The van der Waals surface area contributed by atoms with Crippen molar-refractivity contribution in [1.82, 2.24) is 29.1 Å². The number of aromatic nitrogens is 6. The number of hydrogen-bond acceptors (Lipinski definition) is 7. The summed E-state index contributed by atoms with van der Waals surface area (Å²) in [6.07, 6.45) is 5.50. The average Bonchev–Trinajstić information content (AvgIpc) is 3.45. The number of carbonyl (C=O) groups is 1. The second-order valence-electron chi connectivity index (χ2n) is 10.1. The SMILES string of the molecule is Cc1cn(-c2cc(NC(=O)c3ccc(C)c(Nc4nccn4-c4cc(NC5CC5)ncn4)c3)cc(C(F)(F)F)c2)cn1. The third kappa shape index (κ3) is 5.94. The Morgan fingerprint density at radius 2 is 1.83 bits per heavy atom. The predicted octanol–water partition coefficient (Wildman–Crippen LogP) is 6.05. The van der Waals surface area contributed by atoms with Crippen LogP contribution in [0.25, 0.3) is 11.5 Å². The van der Waals surface area contributed by atoms with Crippen LogP contribution in [0.15, 0.2) is 73.7 Å². The van der Waals surface area contributed by atoms with E-state index < -0.39 is 17.6 Å². The Kier molecular flexibility index (Phi) is 6.85. The van der Waals surface area contributed by atoms with E-state index in [9.17, 15) is 18.0 Å². The van der Waals surface area contributed by atoms with Gasteiger partial charge in [0.2, 0.25) is 5.95 Å². The van der Waals surface area contributed by atoms with Crippen molar-refractivity contribution in [2.75, 3.05) is 16.0 Å². The molecule has 0 atom stereocenters. The van der Waals surface area contributed by atoms with Crippen LogP contribution in [0.5, 0.6) is 0 Å². The number of aryl methyl sites for hydroxylation is 2. The largest absolute Gasteiger partial charge is 0.416 e. The topological polar surface area (TPSA) is 115 Å². The molecular formula is C29H26F3N9O. The summed E-state index contributed by atoms with van der Waals surface area (Å²) < 4.78 is 44.3. The van der Waals surface area contributed by atoms with Crippen LogP contribution in [0.2, 0.25) is 0 Å². The Morgan fingerprint density at radius 1 is 1.00 bits per heavy atom. The van der Waals surface area contributed by atoms with E-state index in [2.05, 4.69) is 35.9 Å². The van der Waals surface area contributed by atoms with Crippen LogP contribution in [-0.2, 0) is 6.18 Å². The highest BCUT2D eigenvalue weighted by atomic mass is 19.4. The van der Waals surface area contributed by atoms with Gasteiger partial charge in [0.25, 0.3) is 5.91 Å². The summed E-state index contributed by atoms with van der Waals surface area (Å²) in [5.41, 5.74) is 1.65. The monoisotopic (exact) mass is 573 g/mol. The summed E-state index contributed by atoms with van der Waals surface area (Å²) in [6.45, 7) is 3.60. The van der Waals surface area contributed by atoms with Crippen LogP contribution >= 0.6 is 0 Å². The molecule has 3 heterocycles. The standard InChI is InChI=1S/C29H26F3N9O/c1-17-3-4-19(27(42)38-22-10-20(29(30,31)32)11-23(12-22)40-14-18(2)36-16-40)9-24(17)39-28-33-7-8-41(28)26-13-25(34-15-35-26)37-21-5-6-21/h3-4,7-16,21H,5-6H2,1-2H3,(H,33,39)(H,38,42)(H,34,35,37). The first-order valence-electron chi connectivity index (χ1n) is 13.2. The van der Waals surface area contributed by atoms with Crippen molar-refractivity contribution in [3.8, 4) is 11.5 Å². The zero-order chi connectivity index (χ0) is 29.4. The van der Waals surface area contributed by atoms with Gasteiger partial charge in [-0.05, 0) is 62.6 Å². The number of halogens is 3. The van der Waals surface area contributed by atoms with Gasteiger partial charge in [0, 0.05) is 53.3 Å². The number of hydrogen-bond donors (Lipinski definition) is 3. The molecule has 3 N–H and O–H groups in total. The second-order valence-corrected chi connectivity index (χ2v) is 10.1. The molecule has 10 nitrogen and oxygen atoms in total. The van der Waals surface area contributed by atoms with E-state index in [4.69, 9.17) is 0 Å². The van der Waals surface area contributed by atoms with Crippen LogP contribution in [0.1, 0.15) is 40.0 Å². The second kappa shape index (κ2) is 10.7. The van der Waals surface area contributed by atoms with Gasteiger partial charge in [0.05, 0.1) is 17.6 Å². The van der Waals surface area contributed by atoms with Crippen LogP contribution in [0.4, 0.5) is 36.3 Å². The third-order valence-electron chi connectivity index (χ3n) is 6.73. The van der Waals surface area contributed by atoms with E-state index in [-0.39, 0.29) is 16.9 Å². The summed E-state index contributed by atoms with van der Waals surface area (Å²) in [5.74, 6) is 1.22. The fraction of sp³-hybridized carbons (Fsp3) is 0.207. The van der Waals surface area contributed by atoms with Crippen molar-refractivity contribution >= 4 is 29.0 Å². The number of carbonyl (C=O) groups excluding carboxylic acids is 1. The van der Waals surface area contributed by atoms with E-state index >= 15 is 0 Å². The summed E-state index contributed by atoms with van der Waals surface area (Å²) >= 11 is 0. The highest BCUT2D eigenvalue weighted by molar-refractivity contribution is 6.05. The van der Waals surface area contributed by atoms with Crippen molar-refractivity contribution in [3.05, 3.63) is 96.1 Å². The Balaban J connectivity index is 1.25. The molecule has 42 heavy (non-hydrogen) atoms. The highest BCUT2D eigenvalue weighted by Crippen LogP contribution is 2.33. The van der Waals surface area contributed by atoms with Crippen molar-refractivity contribution in [2.45, 2.75) is 38.9 Å². The number of amides is 1. The molecule has 0 spiro atoms. The number of nitrogens with zero attached hydrogens (tertiary/aromatic N) is 6. The van der Waals surface area contributed by atoms with Crippen LogP contribution < -0.4 is 16.0 Å². The van der Waals surface area contributed by atoms with E-state index in [1.54, 1.807) is 48.3 Å². The van der Waals surface area contributed by atoms with Crippen molar-refractivity contribution < 1.29 is 18.0 Å². The first-order chi connectivity index (χ1) is 20.1. The average molecular weight is 574 g/mol. The zero-order valence-corrected chi connectivity index (χ0v) is 22.6. The number of alkyl halides is 3. The number of anilines is 4. The van der Waals surface area contributed by atoms with Gasteiger partial charge in [-0.25, -0.2) is 19.9 Å². The van der Waals surface area contributed by atoms with Gasteiger partial charge in [0.1, 0.15) is 18.0 Å². The van der Waals surface area contributed by atoms with Crippen molar-refractivity contribution in [2.24, 2.45) is 0 Å². The lowest BCUT2D eigenvalue weighted by Gasteiger charge is -2.15. The molecule has 2 aromatic carbocycles. The quantitative estimate of drug-likeness (QED) is 0.207. The molecule has 0 aliphatic heterocycles. The lowest BCUT2D eigenvalue weighted by atomic mass is 10.1. The Hall–Kier alpha value is -5.20. The van der Waals surface area contributed by atoms with Gasteiger partial charge in [-0.15, -0.1) is 0 Å². The van der Waals surface area contributed by atoms with Crippen molar-refractivity contribution in [3.63, 3.8) is 0 Å². The molecule has 1 aliphatic carbocycles. The molecule has 3 aromatic heterocycles. The first-order valence-corrected chi connectivity index (χ1v) is 13.2. The lowest BCUT2D eigenvalue weighted by molar-refractivity contribution is -0.137. The van der Waals surface area contributed by atoms with Crippen molar-refractivity contribution in [1.29, 1.82) is 0 Å². The minimum atomic E-state index is -4.60. The summed E-state index contributed by atoms with van der Waals surface area (Å²) in [4.78, 5) is 30.4. The number of rotatable bonds is 8. The Morgan fingerprint density at radius 3 is 2.57 bits per heavy atom. The smallest absolute Gasteiger partial charge is 0.367 e. The fourth-order valence-electron chi connectivity index (χ4n) is 4.36. The first kappa shape index (κ1) is 27.0. The Labute approximate surface area is 238 Å². The van der Waals surface area contributed by atoms with E-state index in [1.165, 1.54) is 23.3 Å². The lowest BCUT2D eigenvalue weighted by Crippen LogP contribution is -2.14. The van der Waals surface area contributed by atoms with Gasteiger partial charge in [-0.1, -0.05) is 6.07 Å². The summed E-state index contributed by atoms with van der Waals surface area (Å²) in [5, 5.41) is 9.20. The van der Waals surface area contributed by atoms with E-state index in [0.29, 0.717) is 29.2 Å². The summed E-state index contributed by atoms with van der Waals surface area (Å²) in [6, 6.07) is 10.6. The summed E-state index contributed by atoms with van der Waals surface area (Å²) in [7, 11) is 0. The minimum absolute atomic E-state index is 0.00109. The number of imidazole rings is 2. The van der Waals surface area contributed by atoms with Gasteiger partial charge in [-0.2, -0.15) is 13.2 Å². The maximum atomic E-state index is 13.7. The van der Waals surface area contributed by atoms with Gasteiger partial charge in [-0.3, -0.25) is 9.36 Å². The molecular weight excluding hydrogens is 547 g/mol. The molecule has 1 aliphatic rings. The molecule has 5 aromatic rings. The number of nitrogens with one attached hydrogen (secondary N) is 3. The predicted molar refractivity (Wildman–Crippen MR) is 152 cm³/mol. The maximum absolute atomic E-state index is 13.7. The van der Waals surface area contributed by atoms with Gasteiger partial charge >= 0.3 is 6.18 Å². The normalized spacial score (nSPS) is 13.2. The molecule has 0 bridgehead atoms. The van der Waals surface area contributed by atoms with Gasteiger partial charge < -0.3 is 20.5 Å². The molecule has 214 valence electrons. The van der Waals surface area contributed by atoms with Gasteiger partial charge in [0.15, 0.2) is 0 Å². The molecule has 6 rings (SSSR count). The molecule has 0 saturated heterocycles. The van der Waals surface area contributed by atoms with E-state index in [0.717, 1.165) is 36.4 Å². The Bertz CT molecular complexity index is 1770. The molecule has 0 unspecified atom stereocenters. The third-order valence-corrected chi connectivity index (χ3v) is 6.73. The zero-order valence-electron chi connectivity index (χ0n) is 22.6. The van der Waals surface area contributed by atoms with Crippen LogP contribution in [0, 0.1) is 13.8 Å². The number of benzene rings is 2. The van der Waals surface area contributed by atoms with Crippen LogP contribution in [-0.4, -0.2) is 41.0 Å². The maximum Gasteiger partial charge on any atom is 0.416 e. The van der Waals surface area contributed by atoms with E-state index in [1.807, 2.05) is 13.0 Å². The molecule has 0 radical (unpaired) electrons. The fourth-order valence-corrected chi connectivity index (χ4v) is 4.36.